The molecule has 5 rings (SSSR count). The molecule has 0 aliphatic carbocycles. The molecule has 164 valence electrons. The highest BCUT2D eigenvalue weighted by atomic mass is 16.6. The normalized spacial score (nSPS) is 19.0. The Balaban J connectivity index is 1.75. The van der Waals surface area contributed by atoms with Gasteiger partial charge in [-0.25, -0.2) is 9.78 Å². The fraction of sp³-hybridized carbons (Fsp3) is 0.304. The number of para-hydroxylation sites is 1. The predicted octanol–water partition coefficient (Wildman–Crippen LogP) is 1.39. The van der Waals surface area contributed by atoms with Crippen LogP contribution < -0.4 is 11.3 Å². The van der Waals surface area contributed by atoms with Crippen LogP contribution in [0.1, 0.15) is 35.6 Å². The third-order valence-corrected chi connectivity index (χ3v) is 6.10. The maximum atomic E-state index is 13.3. The molecule has 2 aromatic heterocycles. The zero-order valence-corrected chi connectivity index (χ0v) is 17.5. The van der Waals surface area contributed by atoms with Gasteiger partial charge >= 0.3 is 5.97 Å². The Morgan fingerprint density at radius 2 is 2.16 bits per heavy atom. The van der Waals surface area contributed by atoms with Gasteiger partial charge in [-0.05, 0) is 18.6 Å². The SMILES string of the molecule is CCC1(O)C(=O)OCc2c1cc1n(c2=O)Cc2c-1nc1ccccc1c2C=NOCCN. The standard InChI is InChI=1S/C23H22N4O5/c1-2-23(30)17-9-19-20-15(11-27(19)21(28)16(17)12-31-22(23)29)14(10-25-32-8-7-24)13-5-3-4-6-18(13)26-20/h3-6,9-10,30H,2,7-8,11-12,24H2,1H3. The van der Waals surface area contributed by atoms with Gasteiger partial charge in [0.05, 0.1) is 35.2 Å². The Bertz CT molecular complexity index is 1350. The minimum atomic E-state index is -1.86. The van der Waals surface area contributed by atoms with Crippen LogP contribution in [-0.2, 0) is 33.1 Å². The first kappa shape index (κ1) is 20.3. The van der Waals surface area contributed by atoms with Crippen molar-refractivity contribution in [1.29, 1.82) is 0 Å². The van der Waals surface area contributed by atoms with E-state index in [1.807, 2.05) is 24.3 Å². The molecule has 0 fully saturated rings. The lowest BCUT2D eigenvalue weighted by Gasteiger charge is -2.31. The number of carbonyl (C=O) groups is 1. The summed E-state index contributed by atoms with van der Waals surface area (Å²) in [5, 5.41) is 15.9. The van der Waals surface area contributed by atoms with E-state index in [0.29, 0.717) is 17.9 Å². The van der Waals surface area contributed by atoms with Crippen molar-refractivity contribution >= 4 is 23.1 Å². The average molecular weight is 434 g/mol. The van der Waals surface area contributed by atoms with Crippen molar-refractivity contribution in [1.82, 2.24) is 9.55 Å². The third-order valence-electron chi connectivity index (χ3n) is 6.10. The molecular weight excluding hydrogens is 412 g/mol. The molecule has 9 heteroatoms. The zero-order valence-electron chi connectivity index (χ0n) is 17.5. The molecule has 1 atom stereocenters. The number of cyclic esters (lactones) is 1. The number of aromatic nitrogens is 2. The Labute approximate surface area is 183 Å². The van der Waals surface area contributed by atoms with E-state index in [0.717, 1.165) is 22.0 Å². The summed E-state index contributed by atoms with van der Waals surface area (Å²) in [5.41, 5.74) is 7.38. The number of oxime groups is 1. The van der Waals surface area contributed by atoms with Crippen LogP contribution in [0.15, 0.2) is 40.3 Å². The molecule has 4 heterocycles. The van der Waals surface area contributed by atoms with Gasteiger partial charge in [0, 0.05) is 28.6 Å². The molecule has 0 saturated carbocycles. The number of hydrogen-bond donors (Lipinski definition) is 2. The molecule has 0 saturated heterocycles. The Morgan fingerprint density at radius 1 is 1.34 bits per heavy atom. The van der Waals surface area contributed by atoms with E-state index in [-0.39, 0.29) is 42.9 Å². The summed E-state index contributed by atoms with van der Waals surface area (Å²) in [5.74, 6) is -0.744. The highest BCUT2D eigenvalue weighted by Crippen LogP contribution is 2.39. The van der Waals surface area contributed by atoms with E-state index >= 15 is 0 Å². The second kappa shape index (κ2) is 7.54. The van der Waals surface area contributed by atoms with E-state index in [9.17, 15) is 14.7 Å². The number of ether oxygens (including phenoxy) is 1. The summed E-state index contributed by atoms with van der Waals surface area (Å²) in [6, 6.07) is 9.30. The highest BCUT2D eigenvalue weighted by molar-refractivity contribution is 6.02. The van der Waals surface area contributed by atoms with Crippen molar-refractivity contribution in [3.05, 3.63) is 62.9 Å². The highest BCUT2D eigenvalue weighted by Gasteiger charge is 2.45. The topological polar surface area (TPSA) is 129 Å². The van der Waals surface area contributed by atoms with Crippen molar-refractivity contribution in [3.8, 4) is 11.4 Å². The molecule has 9 nitrogen and oxygen atoms in total. The van der Waals surface area contributed by atoms with Gasteiger partial charge in [-0.3, -0.25) is 4.79 Å². The van der Waals surface area contributed by atoms with Gasteiger partial charge in [-0.1, -0.05) is 30.3 Å². The van der Waals surface area contributed by atoms with Crippen LogP contribution in [0, 0.1) is 0 Å². The summed E-state index contributed by atoms with van der Waals surface area (Å²) in [6.07, 6.45) is 1.71. The molecule has 0 bridgehead atoms. The van der Waals surface area contributed by atoms with E-state index < -0.39 is 11.6 Å². The lowest BCUT2D eigenvalue weighted by atomic mass is 9.86. The number of nitrogens with zero attached hydrogens (tertiary/aromatic N) is 3. The molecule has 3 N–H and O–H groups in total. The van der Waals surface area contributed by atoms with Crippen LogP contribution in [0.3, 0.4) is 0 Å². The number of hydrogen-bond acceptors (Lipinski definition) is 8. The lowest BCUT2D eigenvalue weighted by Crippen LogP contribution is -2.44. The number of rotatable bonds is 5. The monoisotopic (exact) mass is 434 g/mol. The number of fused-ring (bicyclic) bond motifs is 5. The second-order valence-corrected chi connectivity index (χ2v) is 7.83. The van der Waals surface area contributed by atoms with Gasteiger partial charge in [-0.15, -0.1) is 0 Å². The number of aliphatic hydroxyl groups is 1. The van der Waals surface area contributed by atoms with Gasteiger partial charge < -0.3 is 25.0 Å². The Hall–Kier alpha value is -3.56. The van der Waals surface area contributed by atoms with E-state index in [1.54, 1.807) is 23.8 Å². The molecule has 0 spiro atoms. The van der Waals surface area contributed by atoms with Crippen LogP contribution in [0.4, 0.5) is 0 Å². The first-order chi connectivity index (χ1) is 15.5. The van der Waals surface area contributed by atoms with Crippen LogP contribution in [0.5, 0.6) is 0 Å². The molecule has 1 unspecified atom stereocenters. The first-order valence-corrected chi connectivity index (χ1v) is 10.4. The molecular formula is C23H22N4O5. The largest absolute Gasteiger partial charge is 0.458 e. The number of benzene rings is 1. The summed E-state index contributed by atoms with van der Waals surface area (Å²) >= 11 is 0. The van der Waals surface area contributed by atoms with Gasteiger partial charge in [0.25, 0.3) is 5.56 Å². The van der Waals surface area contributed by atoms with Gasteiger partial charge in [-0.2, -0.15) is 0 Å². The van der Waals surface area contributed by atoms with Crippen LogP contribution in [-0.4, -0.2) is 40.0 Å². The molecule has 3 aromatic rings. The minimum Gasteiger partial charge on any atom is -0.458 e. The summed E-state index contributed by atoms with van der Waals surface area (Å²) in [7, 11) is 0. The maximum Gasteiger partial charge on any atom is 0.343 e. The van der Waals surface area contributed by atoms with Crippen molar-refractivity contribution in [2.45, 2.75) is 32.1 Å². The number of pyridine rings is 2. The Kier molecular flexibility index (Phi) is 4.79. The average Bonchev–Trinajstić information content (AvgIpc) is 3.17. The second-order valence-electron chi connectivity index (χ2n) is 7.83. The van der Waals surface area contributed by atoms with E-state index in [1.165, 1.54) is 0 Å². The first-order valence-electron chi connectivity index (χ1n) is 10.4. The molecule has 0 radical (unpaired) electrons. The quantitative estimate of drug-likeness (QED) is 0.210. The van der Waals surface area contributed by atoms with Crippen molar-refractivity contribution < 1.29 is 19.5 Å². The molecule has 1 aromatic carbocycles. The van der Waals surface area contributed by atoms with Crippen molar-refractivity contribution in [3.63, 3.8) is 0 Å². The molecule has 0 amide bonds. The smallest absolute Gasteiger partial charge is 0.343 e. The van der Waals surface area contributed by atoms with Crippen molar-refractivity contribution in [2.24, 2.45) is 10.9 Å². The molecule has 2 aliphatic rings. The number of nitrogens with two attached hydrogens (primary N) is 1. The summed E-state index contributed by atoms with van der Waals surface area (Å²) < 4.78 is 6.73. The van der Waals surface area contributed by atoms with E-state index in [2.05, 4.69) is 5.16 Å². The lowest BCUT2D eigenvalue weighted by molar-refractivity contribution is -0.172. The maximum absolute atomic E-state index is 13.3. The molecule has 2 aliphatic heterocycles. The van der Waals surface area contributed by atoms with Gasteiger partial charge in [0.2, 0.25) is 0 Å². The summed E-state index contributed by atoms with van der Waals surface area (Å²) in [4.78, 5) is 35.7. The van der Waals surface area contributed by atoms with Crippen molar-refractivity contribution in [2.75, 3.05) is 13.2 Å². The van der Waals surface area contributed by atoms with Gasteiger partial charge in [0.1, 0.15) is 13.2 Å². The van der Waals surface area contributed by atoms with Crippen LogP contribution in [0.2, 0.25) is 0 Å². The van der Waals surface area contributed by atoms with Crippen LogP contribution in [0.25, 0.3) is 22.3 Å². The predicted molar refractivity (Wildman–Crippen MR) is 117 cm³/mol. The van der Waals surface area contributed by atoms with E-state index in [4.69, 9.17) is 20.3 Å². The fourth-order valence-electron chi connectivity index (χ4n) is 4.40. The number of esters is 1. The third kappa shape index (κ3) is 2.85. The number of carbonyl (C=O) groups excluding carboxylic acids is 1. The van der Waals surface area contributed by atoms with Gasteiger partial charge in [0.15, 0.2) is 5.60 Å². The van der Waals surface area contributed by atoms with Crippen LogP contribution >= 0.6 is 0 Å². The zero-order chi connectivity index (χ0) is 22.5. The minimum absolute atomic E-state index is 0.0934. The summed E-state index contributed by atoms with van der Waals surface area (Å²) in [6.45, 7) is 2.43. The fourth-order valence-corrected chi connectivity index (χ4v) is 4.40. The Morgan fingerprint density at radius 3 is 2.94 bits per heavy atom. The molecule has 32 heavy (non-hydrogen) atoms.